The molecular weight excluding hydrogens is 365 g/mol. The van der Waals surface area contributed by atoms with Gasteiger partial charge in [-0.25, -0.2) is 4.39 Å². The van der Waals surface area contributed by atoms with E-state index in [9.17, 15) is 18.0 Å². The Kier molecular flexibility index (Phi) is 6.98. The van der Waals surface area contributed by atoms with Crippen LogP contribution in [-0.2, 0) is 4.74 Å². The Morgan fingerprint density at radius 2 is 2.11 bits per heavy atom. The fourth-order valence-electron chi connectivity index (χ4n) is 2.11. The summed E-state index contributed by atoms with van der Waals surface area (Å²) in [5.74, 6) is -2.32. The van der Waals surface area contributed by atoms with Gasteiger partial charge in [0.25, 0.3) is 5.91 Å². The number of nitrogens with zero attached hydrogens (tertiary/aromatic N) is 2. The molecule has 7 nitrogen and oxygen atoms in total. The van der Waals surface area contributed by atoms with E-state index < -0.39 is 24.1 Å². The number of ether oxygens (including phenoxy) is 2. The minimum Gasteiger partial charge on any atom is -0.479 e. The van der Waals surface area contributed by atoms with Gasteiger partial charge in [-0.3, -0.25) is 4.79 Å². The van der Waals surface area contributed by atoms with Crippen LogP contribution in [0.2, 0.25) is 0 Å². The molecule has 2 aromatic rings. The molecule has 0 saturated heterocycles. The smallest absolute Gasteiger partial charge is 0.387 e. The normalized spacial score (nSPS) is 11.7. The van der Waals surface area contributed by atoms with Crippen molar-refractivity contribution in [3.8, 4) is 5.75 Å². The molecule has 1 amide bonds. The number of benzene rings is 1. The van der Waals surface area contributed by atoms with E-state index in [1.165, 1.54) is 6.20 Å². The summed E-state index contributed by atoms with van der Waals surface area (Å²) in [6.45, 7) is -1.19. The van der Waals surface area contributed by atoms with Gasteiger partial charge in [-0.15, -0.1) is 0 Å². The van der Waals surface area contributed by atoms with Gasteiger partial charge in [0, 0.05) is 11.8 Å². The highest BCUT2D eigenvalue weighted by Crippen LogP contribution is 2.20. The molecule has 0 bridgehead atoms. The number of alkyl halides is 2. The number of rotatable bonds is 8. The van der Waals surface area contributed by atoms with Crippen molar-refractivity contribution in [2.75, 3.05) is 13.2 Å². The number of hydrogen-bond donors (Lipinski definition) is 2. The summed E-state index contributed by atoms with van der Waals surface area (Å²) in [6, 6.07) is 6.18. The Labute approximate surface area is 153 Å². The zero-order valence-corrected chi connectivity index (χ0v) is 14.3. The van der Waals surface area contributed by atoms with E-state index in [0.717, 1.165) is 18.2 Å². The third-order valence-corrected chi connectivity index (χ3v) is 3.31. The summed E-state index contributed by atoms with van der Waals surface area (Å²) in [6.07, 6.45) is 1.47. The fraction of sp³-hybridized carbons (Fsp3) is 0.235. The van der Waals surface area contributed by atoms with E-state index >= 15 is 0 Å². The van der Waals surface area contributed by atoms with Crippen molar-refractivity contribution in [1.29, 1.82) is 0 Å². The highest BCUT2D eigenvalue weighted by atomic mass is 19.3. The molecule has 0 atom stereocenters. The Bertz CT molecular complexity index is 816. The van der Waals surface area contributed by atoms with E-state index in [2.05, 4.69) is 20.3 Å². The Morgan fingerprint density at radius 3 is 2.70 bits per heavy atom. The molecule has 0 spiro atoms. The molecule has 0 fully saturated rings. The molecule has 0 unspecified atom stereocenters. The van der Waals surface area contributed by atoms with Crippen molar-refractivity contribution < 1.29 is 27.4 Å². The molecule has 10 heteroatoms. The van der Waals surface area contributed by atoms with Crippen LogP contribution < -0.4 is 15.8 Å². The topological polar surface area (TPSA) is 99.4 Å². The Balaban J connectivity index is 2.14. The summed E-state index contributed by atoms with van der Waals surface area (Å²) in [4.78, 5) is 12.2. The second-order valence-electron chi connectivity index (χ2n) is 5.09. The number of amides is 1. The lowest BCUT2D eigenvalue weighted by atomic mass is 10.1. The number of nitrogens with one attached hydrogen (secondary N) is 1. The lowest BCUT2D eigenvalue weighted by molar-refractivity contribution is -0.0521. The second-order valence-corrected chi connectivity index (χ2v) is 5.09. The van der Waals surface area contributed by atoms with Crippen LogP contribution in [0.3, 0.4) is 0 Å². The zero-order chi connectivity index (χ0) is 19.8. The number of carbonyl (C=O) groups excluding carboxylic acids is 1. The van der Waals surface area contributed by atoms with Crippen LogP contribution in [0.1, 0.15) is 23.0 Å². The van der Waals surface area contributed by atoms with Crippen LogP contribution in [0.4, 0.5) is 13.2 Å². The van der Waals surface area contributed by atoms with Gasteiger partial charge in [0.1, 0.15) is 0 Å². The largest absolute Gasteiger partial charge is 0.479 e. The Hall–Kier alpha value is -3.30. The van der Waals surface area contributed by atoms with E-state index in [0.29, 0.717) is 17.9 Å². The number of carbonyl (C=O) groups is 1. The predicted molar refractivity (Wildman–Crippen MR) is 90.1 cm³/mol. The molecule has 0 aliphatic carbocycles. The van der Waals surface area contributed by atoms with Gasteiger partial charge < -0.3 is 20.5 Å². The molecule has 0 aliphatic rings. The maximum atomic E-state index is 13.8. The third-order valence-electron chi connectivity index (χ3n) is 3.31. The number of halogens is 3. The minimum atomic E-state index is -3.17. The number of nitrogens with two attached hydrogens (primary N) is 1. The highest BCUT2D eigenvalue weighted by Gasteiger charge is 2.16. The fourth-order valence-corrected chi connectivity index (χ4v) is 2.11. The summed E-state index contributed by atoms with van der Waals surface area (Å²) in [5.41, 5.74) is 6.57. The van der Waals surface area contributed by atoms with Crippen molar-refractivity contribution in [1.82, 2.24) is 15.5 Å². The number of aromatic nitrogens is 2. The first-order valence-corrected chi connectivity index (χ1v) is 7.84. The van der Waals surface area contributed by atoms with E-state index in [4.69, 9.17) is 10.5 Å². The third kappa shape index (κ3) is 5.59. The maximum absolute atomic E-state index is 13.8. The Morgan fingerprint density at radius 1 is 1.33 bits per heavy atom. The first-order chi connectivity index (χ1) is 12.9. The predicted octanol–water partition coefficient (Wildman–Crippen LogP) is 2.31. The summed E-state index contributed by atoms with van der Waals surface area (Å²) >= 11 is 0. The van der Waals surface area contributed by atoms with Crippen LogP contribution in [-0.4, -0.2) is 35.9 Å². The lowest BCUT2D eigenvalue weighted by Gasteiger charge is -2.13. The molecule has 1 aromatic heterocycles. The molecule has 2 rings (SSSR count). The van der Waals surface area contributed by atoms with Crippen LogP contribution in [0.5, 0.6) is 5.75 Å². The van der Waals surface area contributed by atoms with Gasteiger partial charge in [0.2, 0.25) is 0 Å². The first kappa shape index (κ1) is 20.0. The van der Waals surface area contributed by atoms with Crippen molar-refractivity contribution >= 4 is 11.5 Å². The van der Waals surface area contributed by atoms with E-state index in [-0.39, 0.29) is 18.0 Å². The van der Waals surface area contributed by atoms with Gasteiger partial charge >= 0.3 is 6.61 Å². The van der Waals surface area contributed by atoms with Gasteiger partial charge in [0.05, 0.1) is 24.4 Å². The number of hydrogen-bond acceptors (Lipinski definition) is 6. The molecule has 0 radical (unpaired) electrons. The van der Waals surface area contributed by atoms with Crippen molar-refractivity contribution in [2.24, 2.45) is 5.73 Å². The van der Waals surface area contributed by atoms with E-state index in [1.807, 2.05) is 0 Å². The molecular formula is C17H17F3N4O3. The highest BCUT2D eigenvalue weighted by molar-refractivity contribution is 5.95. The molecule has 0 saturated carbocycles. The molecule has 1 aromatic carbocycles. The molecule has 1 heterocycles. The summed E-state index contributed by atoms with van der Waals surface area (Å²) in [7, 11) is 0. The molecule has 144 valence electrons. The average Bonchev–Trinajstić information content (AvgIpc) is 2.64. The van der Waals surface area contributed by atoms with Crippen molar-refractivity contribution in [3.05, 3.63) is 59.5 Å². The van der Waals surface area contributed by atoms with Crippen LogP contribution in [0, 0.1) is 5.82 Å². The standard InChI is InChI=1S/C17H17F3N4O3/c1-2-26-15(21)11(13-4-3-7-23-24-13)9-22-16(25)10-5-6-14(12(18)8-10)27-17(19)20/h3-8,17H,2,9,21H2,1H3,(H,22,25)/b15-11+. The van der Waals surface area contributed by atoms with Crippen molar-refractivity contribution in [2.45, 2.75) is 13.5 Å². The summed E-state index contributed by atoms with van der Waals surface area (Å²) < 4.78 is 47.3. The molecule has 0 aliphatic heterocycles. The lowest BCUT2D eigenvalue weighted by Crippen LogP contribution is -2.27. The summed E-state index contributed by atoms with van der Waals surface area (Å²) in [5, 5.41) is 10.2. The minimum absolute atomic E-state index is 0.0603. The zero-order valence-electron chi connectivity index (χ0n) is 14.3. The maximum Gasteiger partial charge on any atom is 0.387 e. The quantitative estimate of drug-likeness (QED) is 0.680. The van der Waals surface area contributed by atoms with Gasteiger partial charge in [0.15, 0.2) is 17.4 Å². The SMILES string of the molecule is CCO/C(N)=C(\CNC(=O)c1ccc(OC(F)F)c(F)c1)c1cccnn1. The molecule has 3 N–H and O–H groups in total. The van der Waals surface area contributed by atoms with E-state index in [1.54, 1.807) is 19.1 Å². The van der Waals surface area contributed by atoms with Gasteiger partial charge in [-0.2, -0.15) is 19.0 Å². The second kappa shape index (κ2) is 9.41. The average molecular weight is 382 g/mol. The first-order valence-electron chi connectivity index (χ1n) is 7.84. The van der Waals surface area contributed by atoms with Gasteiger partial charge in [-0.1, -0.05) is 0 Å². The molecule has 27 heavy (non-hydrogen) atoms. The monoisotopic (exact) mass is 382 g/mol. The van der Waals surface area contributed by atoms with Crippen LogP contribution >= 0.6 is 0 Å². The van der Waals surface area contributed by atoms with Gasteiger partial charge in [-0.05, 0) is 37.3 Å². The van der Waals surface area contributed by atoms with Crippen LogP contribution in [0.15, 0.2) is 42.4 Å². The van der Waals surface area contributed by atoms with Crippen molar-refractivity contribution in [3.63, 3.8) is 0 Å². The van der Waals surface area contributed by atoms with Crippen LogP contribution in [0.25, 0.3) is 5.57 Å².